The lowest BCUT2D eigenvalue weighted by Crippen LogP contribution is -2.32. The van der Waals surface area contributed by atoms with Gasteiger partial charge in [0.25, 0.3) is 5.56 Å². The van der Waals surface area contributed by atoms with Gasteiger partial charge >= 0.3 is 0 Å². The fourth-order valence-corrected chi connectivity index (χ4v) is 5.17. The van der Waals surface area contributed by atoms with E-state index in [1.54, 1.807) is 6.92 Å². The molecule has 0 unspecified atom stereocenters. The summed E-state index contributed by atoms with van der Waals surface area (Å²) in [4.78, 5) is 30.9. The standard InChI is InChI=1S/C19H20N4O2S/c1-11-21-15-7-4-6-13(15)19(25)23(11)10-17(24)22-18-14(9-20)12-5-2-3-8-16(12)26-18/h2-8,10H2,1H3,(H,22,24). The number of carbonyl (C=O) groups excluding carboxylic acids is 1. The van der Waals surface area contributed by atoms with Crippen molar-refractivity contribution >= 4 is 22.2 Å². The van der Waals surface area contributed by atoms with Crippen molar-refractivity contribution in [1.29, 1.82) is 5.26 Å². The number of carbonyl (C=O) groups is 1. The molecular weight excluding hydrogens is 348 g/mol. The molecule has 2 aliphatic rings. The molecule has 0 saturated carbocycles. The summed E-state index contributed by atoms with van der Waals surface area (Å²) >= 11 is 1.50. The Morgan fingerprint density at radius 3 is 2.81 bits per heavy atom. The van der Waals surface area contributed by atoms with Gasteiger partial charge in [0, 0.05) is 10.4 Å². The molecule has 2 heterocycles. The van der Waals surface area contributed by atoms with Crippen molar-refractivity contribution in [3.63, 3.8) is 0 Å². The number of hydrogen-bond acceptors (Lipinski definition) is 5. The van der Waals surface area contributed by atoms with E-state index >= 15 is 0 Å². The van der Waals surface area contributed by atoms with Crippen LogP contribution in [0.4, 0.5) is 5.00 Å². The average molecular weight is 368 g/mol. The number of amides is 1. The average Bonchev–Trinajstić information content (AvgIpc) is 3.22. The van der Waals surface area contributed by atoms with Crippen molar-refractivity contribution in [2.45, 2.75) is 58.4 Å². The second kappa shape index (κ2) is 6.69. The van der Waals surface area contributed by atoms with Gasteiger partial charge in [0.05, 0.1) is 11.3 Å². The summed E-state index contributed by atoms with van der Waals surface area (Å²) in [5.74, 6) is 0.279. The molecule has 0 atom stereocenters. The summed E-state index contributed by atoms with van der Waals surface area (Å²) < 4.78 is 1.44. The third-order valence-corrected chi connectivity index (χ3v) is 6.42. The molecule has 0 saturated heterocycles. The van der Waals surface area contributed by atoms with Crippen molar-refractivity contribution in [1.82, 2.24) is 9.55 Å². The topological polar surface area (TPSA) is 87.8 Å². The van der Waals surface area contributed by atoms with Crippen molar-refractivity contribution in [3.05, 3.63) is 43.4 Å². The molecule has 4 rings (SSSR count). The van der Waals surface area contributed by atoms with E-state index in [1.165, 1.54) is 20.8 Å². The highest BCUT2D eigenvalue weighted by Gasteiger charge is 2.23. The molecule has 1 amide bonds. The van der Waals surface area contributed by atoms with Gasteiger partial charge in [0.15, 0.2) is 0 Å². The highest BCUT2D eigenvalue weighted by atomic mass is 32.1. The molecule has 0 aromatic carbocycles. The predicted molar refractivity (Wildman–Crippen MR) is 99.6 cm³/mol. The summed E-state index contributed by atoms with van der Waals surface area (Å²) in [5.41, 5.74) is 3.20. The molecule has 6 nitrogen and oxygen atoms in total. The number of aryl methyl sites for hydroxylation is 3. The van der Waals surface area contributed by atoms with Crippen LogP contribution >= 0.6 is 11.3 Å². The Morgan fingerprint density at radius 1 is 1.23 bits per heavy atom. The van der Waals surface area contributed by atoms with E-state index in [1.807, 2.05) is 0 Å². The van der Waals surface area contributed by atoms with Crippen LogP contribution in [0.2, 0.25) is 0 Å². The summed E-state index contributed by atoms with van der Waals surface area (Å²) in [6.07, 6.45) is 6.60. The third-order valence-electron chi connectivity index (χ3n) is 5.22. The first-order chi connectivity index (χ1) is 12.6. The molecule has 134 valence electrons. The molecule has 0 aliphatic heterocycles. The minimum absolute atomic E-state index is 0.0710. The second-order valence-electron chi connectivity index (χ2n) is 6.90. The molecule has 0 bridgehead atoms. The molecule has 2 aromatic rings. The zero-order valence-electron chi connectivity index (χ0n) is 14.7. The molecule has 0 spiro atoms. The molecular formula is C19H20N4O2S. The zero-order valence-corrected chi connectivity index (χ0v) is 15.5. The Bertz CT molecular complexity index is 996. The van der Waals surface area contributed by atoms with E-state index < -0.39 is 0 Å². The number of nitrogens with one attached hydrogen (secondary N) is 1. The number of nitrogens with zero attached hydrogens (tertiary/aromatic N) is 3. The Balaban J connectivity index is 1.59. The second-order valence-corrected chi connectivity index (χ2v) is 8.01. The highest BCUT2D eigenvalue weighted by molar-refractivity contribution is 7.16. The van der Waals surface area contributed by atoms with Gasteiger partial charge in [-0.25, -0.2) is 4.98 Å². The fraction of sp³-hybridized carbons (Fsp3) is 0.474. The van der Waals surface area contributed by atoms with Gasteiger partial charge in [-0.1, -0.05) is 0 Å². The molecule has 2 aliphatic carbocycles. The smallest absolute Gasteiger partial charge is 0.257 e. The lowest BCUT2D eigenvalue weighted by molar-refractivity contribution is -0.116. The monoisotopic (exact) mass is 368 g/mol. The predicted octanol–water partition coefficient (Wildman–Crippen LogP) is 2.49. The SMILES string of the molecule is Cc1nc2c(c(=O)n1CC(=O)Nc1sc3c(c1C#N)CCCC3)CCC2. The maximum absolute atomic E-state index is 12.6. The van der Waals surface area contributed by atoms with Gasteiger partial charge in [-0.2, -0.15) is 5.26 Å². The van der Waals surface area contributed by atoms with Gasteiger partial charge in [-0.3, -0.25) is 14.2 Å². The van der Waals surface area contributed by atoms with E-state index in [4.69, 9.17) is 0 Å². The van der Waals surface area contributed by atoms with Gasteiger partial charge in [0.2, 0.25) is 5.91 Å². The number of thiophene rings is 1. The van der Waals surface area contributed by atoms with Crippen LogP contribution in [0, 0.1) is 18.3 Å². The van der Waals surface area contributed by atoms with E-state index in [0.29, 0.717) is 16.4 Å². The highest BCUT2D eigenvalue weighted by Crippen LogP contribution is 2.37. The van der Waals surface area contributed by atoms with Gasteiger partial charge in [0.1, 0.15) is 23.4 Å². The van der Waals surface area contributed by atoms with Crippen LogP contribution in [0.1, 0.15) is 52.3 Å². The summed E-state index contributed by atoms with van der Waals surface area (Å²) in [6.45, 7) is 1.69. The van der Waals surface area contributed by atoms with Crippen LogP contribution < -0.4 is 10.9 Å². The fourth-order valence-electron chi connectivity index (χ4n) is 3.92. The number of rotatable bonds is 3. The third kappa shape index (κ3) is 2.84. The molecule has 0 radical (unpaired) electrons. The number of aromatic nitrogens is 2. The van der Waals surface area contributed by atoms with E-state index in [0.717, 1.165) is 61.8 Å². The first-order valence-electron chi connectivity index (χ1n) is 9.02. The lowest BCUT2D eigenvalue weighted by Gasteiger charge is -2.11. The van der Waals surface area contributed by atoms with Crippen molar-refractivity contribution in [2.75, 3.05) is 5.32 Å². The van der Waals surface area contributed by atoms with Gasteiger partial charge in [-0.05, 0) is 57.4 Å². The van der Waals surface area contributed by atoms with Crippen molar-refractivity contribution < 1.29 is 4.79 Å². The largest absolute Gasteiger partial charge is 0.315 e. The number of hydrogen-bond donors (Lipinski definition) is 1. The van der Waals surface area contributed by atoms with Gasteiger partial charge in [-0.15, -0.1) is 11.3 Å². The maximum Gasteiger partial charge on any atom is 0.257 e. The number of anilines is 1. The Kier molecular flexibility index (Phi) is 4.37. The Labute approximate surface area is 155 Å². The maximum atomic E-state index is 12.6. The van der Waals surface area contributed by atoms with Crippen LogP contribution in [0.25, 0.3) is 0 Å². The number of nitriles is 1. The minimum Gasteiger partial charge on any atom is -0.315 e. The zero-order chi connectivity index (χ0) is 18.3. The normalized spacial score (nSPS) is 15.2. The minimum atomic E-state index is -0.287. The first-order valence-corrected chi connectivity index (χ1v) is 9.84. The van der Waals surface area contributed by atoms with Crippen LogP contribution in [-0.4, -0.2) is 15.5 Å². The summed E-state index contributed by atoms with van der Waals surface area (Å²) in [7, 11) is 0. The van der Waals surface area contributed by atoms with Crippen LogP contribution in [-0.2, 0) is 37.0 Å². The van der Waals surface area contributed by atoms with Crippen molar-refractivity contribution in [3.8, 4) is 6.07 Å². The molecule has 2 aromatic heterocycles. The Morgan fingerprint density at radius 2 is 2.00 bits per heavy atom. The van der Waals surface area contributed by atoms with Gasteiger partial charge < -0.3 is 5.32 Å². The molecule has 7 heteroatoms. The molecule has 26 heavy (non-hydrogen) atoms. The van der Waals surface area contributed by atoms with E-state index in [2.05, 4.69) is 16.4 Å². The number of fused-ring (bicyclic) bond motifs is 2. The van der Waals surface area contributed by atoms with Crippen molar-refractivity contribution in [2.24, 2.45) is 0 Å². The van der Waals surface area contributed by atoms with Crippen LogP contribution in [0.15, 0.2) is 4.79 Å². The quantitative estimate of drug-likeness (QED) is 0.901. The lowest BCUT2D eigenvalue weighted by atomic mass is 9.96. The first kappa shape index (κ1) is 17.0. The Hall–Kier alpha value is -2.46. The molecule has 0 fully saturated rings. The van der Waals surface area contributed by atoms with Crippen LogP contribution in [0.3, 0.4) is 0 Å². The molecule has 1 N–H and O–H groups in total. The summed E-state index contributed by atoms with van der Waals surface area (Å²) in [6, 6.07) is 2.24. The summed E-state index contributed by atoms with van der Waals surface area (Å²) in [5, 5.41) is 13.0. The van der Waals surface area contributed by atoms with E-state index in [9.17, 15) is 14.9 Å². The van der Waals surface area contributed by atoms with E-state index in [-0.39, 0.29) is 18.0 Å². The van der Waals surface area contributed by atoms with Crippen LogP contribution in [0.5, 0.6) is 0 Å².